The minimum atomic E-state index is -0.163. The first-order chi connectivity index (χ1) is 17.3. The van der Waals surface area contributed by atoms with Gasteiger partial charge in [0, 0.05) is 54.5 Å². The second-order valence-electron chi connectivity index (χ2n) is 9.82. The van der Waals surface area contributed by atoms with Gasteiger partial charge >= 0.3 is 0 Å². The number of amides is 2. The molecule has 2 amide bonds. The van der Waals surface area contributed by atoms with Crippen LogP contribution < -0.4 is 15.4 Å². The van der Waals surface area contributed by atoms with Crippen LogP contribution in [0.4, 0.5) is 5.69 Å². The lowest BCUT2D eigenvalue weighted by atomic mass is 9.95. The summed E-state index contributed by atoms with van der Waals surface area (Å²) in [5.41, 5.74) is 6.51. The number of hydrogen-bond donors (Lipinski definition) is 2. The van der Waals surface area contributed by atoms with Crippen molar-refractivity contribution in [3.63, 3.8) is 0 Å². The van der Waals surface area contributed by atoms with Crippen LogP contribution in [0.5, 0.6) is 5.75 Å². The van der Waals surface area contributed by atoms with Gasteiger partial charge < -0.3 is 24.8 Å². The molecular formula is C29H32N4O3. The van der Waals surface area contributed by atoms with E-state index in [4.69, 9.17) is 4.74 Å². The maximum Gasteiger partial charge on any atom is 0.257 e. The number of carbonyl (C=O) groups excluding carboxylic acids is 2. The molecule has 0 saturated carbocycles. The van der Waals surface area contributed by atoms with Crippen LogP contribution in [-0.2, 0) is 4.79 Å². The third-order valence-corrected chi connectivity index (χ3v) is 7.01. The van der Waals surface area contributed by atoms with Crippen LogP contribution in [0.1, 0.15) is 41.0 Å². The summed E-state index contributed by atoms with van der Waals surface area (Å²) in [7, 11) is 1.64. The molecule has 1 aromatic heterocycles. The summed E-state index contributed by atoms with van der Waals surface area (Å²) in [4.78, 5) is 28.5. The Morgan fingerprint density at radius 2 is 1.81 bits per heavy atom. The predicted molar refractivity (Wildman–Crippen MR) is 143 cm³/mol. The minimum Gasteiger partial charge on any atom is -0.497 e. The van der Waals surface area contributed by atoms with Crippen molar-refractivity contribution < 1.29 is 14.3 Å². The molecule has 3 heterocycles. The standard InChI is InChI=1S/C29H32N4O3/c1-17-13-32(20(4)26(17)29(35)33-14-18(2)30-19(3)15-33)16-24-27-23(10-7-11-25(27)31-28(24)34)21-8-6-9-22(12-21)36-5/h6-13,16,18-19,30H,14-15H2,1-5H3,(H,31,34)/t18-,19-/m0/s1. The van der Waals surface area contributed by atoms with Gasteiger partial charge in [-0.2, -0.15) is 0 Å². The summed E-state index contributed by atoms with van der Waals surface area (Å²) in [6, 6.07) is 14.2. The van der Waals surface area contributed by atoms with Gasteiger partial charge in [0.1, 0.15) is 5.75 Å². The van der Waals surface area contributed by atoms with E-state index < -0.39 is 0 Å². The van der Waals surface area contributed by atoms with E-state index in [9.17, 15) is 9.59 Å². The van der Waals surface area contributed by atoms with E-state index >= 15 is 0 Å². The third kappa shape index (κ3) is 4.20. The second kappa shape index (κ2) is 9.32. The molecule has 1 saturated heterocycles. The zero-order chi connectivity index (χ0) is 25.6. The Morgan fingerprint density at radius 3 is 2.53 bits per heavy atom. The summed E-state index contributed by atoms with van der Waals surface area (Å²) in [5.74, 6) is 0.629. The number of ether oxygens (including phenoxy) is 1. The van der Waals surface area contributed by atoms with Crippen LogP contribution in [0.15, 0.2) is 48.7 Å². The largest absolute Gasteiger partial charge is 0.497 e. The fourth-order valence-corrected chi connectivity index (χ4v) is 5.44. The first-order valence-corrected chi connectivity index (χ1v) is 12.3. The van der Waals surface area contributed by atoms with Gasteiger partial charge in [-0.05, 0) is 62.6 Å². The number of fused-ring (bicyclic) bond motifs is 1. The van der Waals surface area contributed by atoms with Crippen LogP contribution in [0, 0.1) is 13.8 Å². The highest BCUT2D eigenvalue weighted by Crippen LogP contribution is 2.41. The molecule has 3 aromatic rings. The van der Waals surface area contributed by atoms with Gasteiger partial charge in [-0.25, -0.2) is 0 Å². The Morgan fingerprint density at radius 1 is 1.08 bits per heavy atom. The molecule has 0 spiro atoms. The van der Waals surface area contributed by atoms with Crippen molar-refractivity contribution in [3.05, 3.63) is 71.0 Å². The summed E-state index contributed by atoms with van der Waals surface area (Å²) in [5, 5.41) is 6.48. The lowest BCUT2D eigenvalue weighted by Crippen LogP contribution is -2.55. The van der Waals surface area contributed by atoms with Gasteiger partial charge in [0.15, 0.2) is 0 Å². The zero-order valence-electron chi connectivity index (χ0n) is 21.4. The highest BCUT2D eigenvalue weighted by Gasteiger charge is 2.30. The molecule has 2 aliphatic heterocycles. The van der Waals surface area contributed by atoms with E-state index in [0.717, 1.165) is 39.4 Å². The van der Waals surface area contributed by atoms with E-state index in [1.807, 2.05) is 78.2 Å². The van der Waals surface area contributed by atoms with Crippen molar-refractivity contribution in [2.75, 3.05) is 25.5 Å². The molecule has 0 unspecified atom stereocenters. The van der Waals surface area contributed by atoms with Crippen LogP contribution >= 0.6 is 0 Å². The molecule has 1 fully saturated rings. The predicted octanol–water partition coefficient (Wildman–Crippen LogP) is 4.55. The lowest BCUT2D eigenvalue weighted by Gasteiger charge is -2.36. The normalized spacial score (nSPS) is 20.4. The summed E-state index contributed by atoms with van der Waals surface area (Å²) in [6.45, 7) is 9.44. The molecule has 7 nitrogen and oxygen atoms in total. The molecule has 2 N–H and O–H groups in total. The van der Waals surface area contributed by atoms with E-state index in [1.54, 1.807) is 7.11 Å². The zero-order valence-corrected chi connectivity index (χ0v) is 21.4. The highest BCUT2D eigenvalue weighted by molar-refractivity contribution is 6.35. The van der Waals surface area contributed by atoms with Crippen molar-refractivity contribution in [2.45, 2.75) is 39.8 Å². The van der Waals surface area contributed by atoms with Crippen LogP contribution in [0.25, 0.3) is 22.9 Å². The average Bonchev–Trinajstić information content (AvgIpc) is 3.32. The summed E-state index contributed by atoms with van der Waals surface area (Å²) >= 11 is 0. The van der Waals surface area contributed by atoms with Crippen molar-refractivity contribution in [1.82, 2.24) is 14.8 Å². The number of benzene rings is 2. The van der Waals surface area contributed by atoms with Gasteiger partial charge in [0.25, 0.3) is 11.8 Å². The lowest BCUT2D eigenvalue weighted by molar-refractivity contribution is -0.110. The smallest absolute Gasteiger partial charge is 0.257 e. The van der Waals surface area contributed by atoms with Crippen molar-refractivity contribution in [2.24, 2.45) is 0 Å². The molecule has 0 aliphatic carbocycles. The molecule has 7 heteroatoms. The minimum absolute atomic E-state index is 0.0377. The maximum absolute atomic E-state index is 13.5. The number of nitrogens with zero attached hydrogens (tertiary/aromatic N) is 2. The molecule has 5 rings (SSSR count). The van der Waals surface area contributed by atoms with E-state index in [1.165, 1.54) is 0 Å². The Bertz CT molecular complexity index is 1380. The number of aromatic nitrogens is 1. The van der Waals surface area contributed by atoms with Gasteiger partial charge in [-0.1, -0.05) is 24.3 Å². The van der Waals surface area contributed by atoms with E-state index in [0.29, 0.717) is 24.2 Å². The topological polar surface area (TPSA) is 75.6 Å². The Labute approximate surface area is 211 Å². The molecule has 2 aromatic carbocycles. The fraction of sp³-hybridized carbons (Fsp3) is 0.310. The number of carbonyl (C=O) groups is 2. The summed E-state index contributed by atoms with van der Waals surface area (Å²) < 4.78 is 7.32. The maximum atomic E-state index is 13.5. The van der Waals surface area contributed by atoms with Crippen LogP contribution in [0.3, 0.4) is 0 Å². The highest BCUT2D eigenvalue weighted by atomic mass is 16.5. The number of nitrogens with one attached hydrogen (secondary N) is 2. The summed E-state index contributed by atoms with van der Waals surface area (Å²) in [6.07, 6.45) is 3.77. The van der Waals surface area contributed by atoms with Gasteiger partial charge in [0.2, 0.25) is 0 Å². The fourth-order valence-electron chi connectivity index (χ4n) is 5.44. The van der Waals surface area contributed by atoms with Gasteiger partial charge in [0.05, 0.1) is 18.2 Å². The quantitative estimate of drug-likeness (QED) is 0.533. The first kappa shape index (κ1) is 23.9. The van der Waals surface area contributed by atoms with Crippen molar-refractivity contribution in [1.29, 1.82) is 0 Å². The molecular weight excluding hydrogens is 452 g/mol. The number of aryl methyl sites for hydroxylation is 1. The second-order valence-corrected chi connectivity index (χ2v) is 9.82. The molecule has 2 aliphatic rings. The number of hydrogen-bond acceptors (Lipinski definition) is 4. The number of methoxy groups -OCH3 is 1. The SMILES string of the molecule is COc1cccc(-c2cccc3c2C(=Cn2cc(C)c(C(=O)N4C[C@H](C)N[C@@H](C)C4)c2C)C(=O)N3)c1. The molecule has 0 bridgehead atoms. The molecule has 36 heavy (non-hydrogen) atoms. The van der Waals surface area contributed by atoms with Crippen molar-refractivity contribution >= 4 is 29.3 Å². The van der Waals surface area contributed by atoms with Gasteiger partial charge in [-0.15, -0.1) is 0 Å². The van der Waals surface area contributed by atoms with Crippen LogP contribution in [-0.4, -0.2) is 53.6 Å². The number of anilines is 1. The van der Waals surface area contributed by atoms with Crippen molar-refractivity contribution in [3.8, 4) is 16.9 Å². The van der Waals surface area contributed by atoms with E-state index in [2.05, 4.69) is 24.5 Å². The first-order valence-electron chi connectivity index (χ1n) is 12.3. The molecule has 0 radical (unpaired) electrons. The van der Waals surface area contributed by atoms with E-state index in [-0.39, 0.29) is 23.9 Å². The Kier molecular flexibility index (Phi) is 6.18. The Hall–Kier alpha value is -3.84. The Balaban J connectivity index is 1.56. The number of piperazine rings is 1. The average molecular weight is 485 g/mol. The monoisotopic (exact) mass is 484 g/mol. The third-order valence-electron chi connectivity index (χ3n) is 7.01. The number of rotatable bonds is 4. The molecule has 2 atom stereocenters. The van der Waals surface area contributed by atoms with Gasteiger partial charge in [-0.3, -0.25) is 9.59 Å². The molecule has 186 valence electrons. The van der Waals surface area contributed by atoms with Crippen LogP contribution in [0.2, 0.25) is 0 Å².